The number of anilines is 4. The minimum Gasteiger partial charge on any atom is -0.479 e. The number of halogens is 1. The van der Waals surface area contributed by atoms with Crippen LogP contribution < -0.4 is 21.1 Å². The smallest absolute Gasteiger partial charge is 0.240 e. The molecule has 61 heavy (non-hydrogen) atoms. The number of fused-ring (bicyclic) bond motifs is 10. The average Bonchev–Trinajstić information content (AvgIpc) is 3.75. The molecule has 0 saturated heterocycles. The van der Waals surface area contributed by atoms with E-state index in [-0.39, 0.29) is 5.54 Å². The predicted molar refractivity (Wildman–Crippen MR) is 246 cm³/mol. The third-order valence-electron chi connectivity index (χ3n) is 13.1. The van der Waals surface area contributed by atoms with Gasteiger partial charge in [-0.3, -0.25) is 9.13 Å². The van der Waals surface area contributed by atoms with Crippen molar-refractivity contribution in [3.8, 4) is 62.5 Å². The van der Waals surface area contributed by atoms with Crippen LogP contribution in [-0.2, 0) is 11.0 Å². The van der Waals surface area contributed by atoms with Crippen molar-refractivity contribution in [1.29, 1.82) is 0 Å². The number of imidazole rings is 2. The number of pyridine rings is 2. The van der Waals surface area contributed by atoms with Crippen LogP contribution in [0.3, 0.4) is 0 Å². The molecule has 2 aliphatic carbocycles. The van der Waals surface area contributed by atoms with Crippen LogP contribution in [0.25, 0.3) is 56.7 Å². The van der Waals surface area contributed by atoms with Gasteiger partial charge in [0, 0.05) is 40.2 Å². The quantitative estimate of drug-likeness (QED) is 0.156. The molecule has 6 heterocycles. The Labute approximate surface area is 363 Å². The topological polar surface area (TPSA) is 121 Å². The number of nitrogens with one attached hydrogen (secondary N) is 2. The zero-order valence-corrected chi connectivity index (χ0v) is 35.6. The molecule has 4 N–H and O–H groups in total. The first-order valence-electron chi connectivity index (χ1n) is 20.9. The number of ether oxygens (including phenoxy) is 1. The van der Waals surface area contributed by atoms with Crippen molar-refractivity contribution < 1.29 is 4.74 Å². The fraction of sp³-hybridized carbons (Fsp3) is 0.200. The van der Waals surface area contributed by atoms with Crippen molar-refractivity contribution >= 4 is 38.9 Å². The number of methoxy groups -OCH3 is 1. The summed E-state index contributed by atoms with van der Waals surface area (Å²) in [5.74, 6) is 3.91. The summed E-state index contributed by atoms with van der Waals surface area (Å²) in [6, 6.07) is 42.0. The maximum Gasteiger partial charge on any atom is 0.240 e. The maximum absolute atomic E-state index is 6.54. The van der Waals surface area contributed by atoms with E-state index in [0.29, 0.717) is 11.3 Å². The third-order valence-corrected chi connectivity index (χ3v) is 13.6. The fourth-order valence-electron chi connectivity index (χ4n) is 9.28. The lowest BCUT2D eigenvalue weighted by atomic mass is 9.66. The van der Waals surface area contributed by atoms with Gasteiger partial charge in [0.1, 0.15) is 16.1 Å². The molecule has 4 aromatic carbocycles. The van der Waals surface area contributed by atoms with Crippen molar-refractivity contribution in [2.24, 2.45) is 5.73 Å². The number of aromatic nitrogens is 6. The number of hydrogen-bond acceptors (Lipinski definition) is 8. The normalized spacial score (nSPS) is 15.7. The molecule has 0 unspecified atom stereocenters. The van der Waals surface area contributed by atoms with Crippen molar-refractivity contribution in [2.75, 3.05) is 17.7 Å². The molecule has 12 rings (SSSR count). The summed E-state index contributed by atoms with van der Waals surface area (Å²) in [5.41, 5.74) is 19.4. The van der Waals surface area contributed by atoms with Gasteiger partial charge in [0.05, 0.1) is 35.6 Å². The Balaban J connectivity index is 0.000000138. The van der Waals surface area contributed by atoms with Crippen molar-refractivity contribution in [2.45, 2.75) is 56.4 Å². The summed E-state index contributed by atoms with van der Waals surface area (Å²) < 4.78 is 10.9. The fourth-order valence-corrected chi connectivity index (χ4v) is 9.85. The number of rotatable bonds is 5. The van der Waals surface area contributed by atoms with Crippen molar-refractivity contribution in [3.05, 3.63) is 149 Å². The zero-order valence-electron chi connectivity index (χ0n) is 34.0. The maximum atomic E-state index is 6.54. The number of benzene rings is 4. The third kappa shape index (κ3) is 6.17. The van der Waals surface area contributed by atoms with Crippen LogP contribution in [0, 0.1) is 0 Å². The lowest BCUT2D eigenvalue weighted by Crippen LogP contribution is -2.43. The molecule has 2 fully saturated rings. The van der Waals surface area contributed by atoms with Gasteiger partial charge in [-0.25, -0.2) is 15.0 Å². The highest BCUT2D eigenvalue weighted by molar-refractivity contribution is 9.10. The van der Waals surface area contributed by atoms with E-state index in [2.05, 4.69) is 125 Å². The predicted octanol–water partition coefficient (Wildman–Crippen LogP) is 11.9. The molecule has 0 atom stereocenters. The summed E-state index contributed by atoms with van der Waals surface area (Å²) >= 11 is 3.75. The van der Waals surface area contributed by atoms with Crippen LogP contribution >= 0.6 is 15.9 Å². The molecule has 2 saturated carbocycles. The van der Waals surface area contributed by atoms with Gasteiger partial charge in [-0.1, -0.05) is 86.1 Å². The minimum absolute atomic E-state index is 0.184. The van der Waals surface area contributed by atoms with Crippen LogP contribution in [-0.4, -0.2) is 36.2 Å². The van der Waals surface area contributed by atoms with Crippen LogP contribution in [0.15, 0.2) is 138 Å². The number of para-hydroxylation sites is 2. The lowest BCUT2D eigenvalue weighted by Gasteiger charge is -2.39. The monoisotopic (exact) mass is 865 g/mol. The highest BCUT2D eigenvalue weighted by Gasteiger charge is 2.36. The van der Waals surface area contributed by atoms with E-state index in [1.54, 1.807) is 13.3 Å². The average molecular weight is 867 g/mol. The molecule has 10 nitrogen and oxygen atoms in total. The molecule has 0 amide bonds. The lowest BCUT2D eigenvalue weighted by molar-refractivity contribution is 0.253. The van der Waals surface area contributed by atoms with E-state index in [0.717, 1.165) is 97.1 Å². The number of hydrogen-bond donors (Lipinski definition) is 3. The molecule has 0 radical (unpaired) electrons. The Kier molecular flexibility index (Phi) is 8.94. The van der Waals surface area contributed by atoms with Crippen LogP contribution in [0.5, 0.6) is 5.88 Å². The molecule has 0 spiro atoms. The van der Waals surface area contributed by atoms with Gasteiger partial charge in [0.25, 0.3) is 0 Å². The molecule has 4 aliphatic rings. The van der Waals surface area contributed by atoms with Gasteiger partial charge >= 0.3 is 0 Å². The standard InChI is InChI=1S/C25H21BrN4.C25H23N5O/c1-25(13-5-14-25)17-11-9-16(10-12-17)21-22(26)29-24-18-6-2-3-7-19(18)28-23-20(30(21)24)8-4-15-27-23;1-31-24-21(16-9-11-17(12-10-16)25(26)13-5-14-25)30-20-8-4-15-27-22(20)28-19-7-3-2-6-18(19)23(30)29-24/h2-4,6-12,15H,5,13-14H2,1H3,(H,27,28);2-4,6-12,15H,5,13-14,26H2,1H3,(H,27,28). The Morgan fingerprint density at radius 2 is 1.11 bits per heavy atom. The van der Waals surface area contributed by atoms with Gasteiger partial charge in [-0.15, -0.1) is 0 Å². The Bertz CT molecular complexity index is 2960. The summed E-state index contributed by atoms with van der Waals surface area (Å²) in [6.45, 7) is 2.37. The first kappa shape index (κ1) is 37.4. The first-order chi connectivity index (χ1) is 29.8. The SMILES string of the molecule is CC1(c2ccc(-c3c(Br)nc4n3-c3cccnc3Nc3ccccc3-4)cc2)CCC1.COc1nc2n(c1-c1ccc(C3(N)CCC3)cc1)-c1cccnc1Nc1ccccc1-2. The highest BCUT2D eigenvalue weighted by atomic mass is 79.9. The molecular formula is C50H44BrN9O. The van der Waals surface area contributed by atoms with E-state index >= 15 is 0 Å². The molecule has 11 heteroatoms. The van der Waals surface area contributed by atoms with Gasteiger partial charge in [0.15, 0.2) is 17.5 Å². The Morgan fingerprint density at radius 1 is 0.607 bits per heavy atom. The van der Waals surface area contributed by atoms with Gasteiger partial charge in [0.2, 0.25) is 5.88 Å². The van der Waals surface area contributed by atoms with E-state index in [9.17, 15) is 0 Å². The summed E-state index contributed by atoms with van der Waals surface area (Å²) in [4.78, 5) is 19.0. The highest BCUT2D eigenvalue weighted by Crippen LogP contribution is 2.47. The zero-order chi connectivity index (χ0) is 41.3. The Morgan fingerprint density at radius 3 is 1.64 bits per heavy atom. The minimum atomic E-state index is -0.184. The van der Waals surface area contributed by atoms with Crippen molar-refractivity contribution in [3.63, 3.8) is 0 Å². The van der Waals surface area contributed by atoms with E-state index in [1.165, 1.54) is 36.8 Å². The summed E-state index contributed by atoms with van der Waals surface area (Å²) in [6.07, 6.45) is 10.8. The second-order valence-corrected chi connectivity index (χ2v) is 17.5. The molecule has 302 valence electrons. The second-order valence-electron chi connectivity index (χ2n) is 16.7. The molecule has 0 bridgehead atoms. The van der Waals surface area contributed by atoms with E-state index in [1.807, 2.05) is 54.7 Å². The van der Waals surface area contributed by atoms with Gasteiger partial charge in [-0.05, 0) is 113 Å². The first-order valence-corrected chi connectivity index (χ1v) is 21.7. The van der Waals surface area contributed by atoms with Crippen LogP contribution in [0.4, 0.5) is 23.0 Å². The summed E-state index contributed by atoms with van der Waals surface area (Å²) in [7, 11) is 1.66. The van der Waals surface area contributed by atoms with E-state index in [4.69, 9.17) is 20.4 Å². The molecule has 2 aliphatic heterocycles. The van der Waals surface area contributed by atoms with Crippen molar-refractivity contribution in [1.82, 2.24) is 29.1 Å². The van der Waals surface area contributed by atoms with Crippen LogP contribution in [0.1, 0.15) is 56.6 Å². The van der Waals surface area contributed by atoms with Gasteiger partial charge < -0.3 is 21.1 Å². The van der Waals surface area contributed by atoms with E-state index < -0.39 is 0 Å². The van der Waals surface area contributed by atoms with Gasteiger partial charge in [-0.2, -0.15) is 4.98 Å². The summed E-state index contributed by atoms with van der Waals surface area (Å²) in [5, 5.41) is 6.96. The molecular weight excluding hydrogens is 823 g/mol. The largest absolute Gasteiger partial charge is 0.479 e. The Hall–Kier alpha value is -6.56. The number of nitrogens with zero attached hydrogens (tertiary/aromatic N) is 6. The number of nitrogens with two attached hydrogens (primary N) is 1. The molecule has 4 aromatic heterocycles. The van der Waals surface area contributed by atoms with Crippen LogP contribution in [0.2, 0.25) is 0 Å². The molecule has 8 aromatic rings. The second kappa shape index (κ2) is 14.6.